The summed E-state index contributed by atoms with van der Waals surface area (Å²) in [5, 5.41) is 24.3. The molecule has 0 aliphatic heterocycles. The smallest absolute Gasteiger partial charge is 0.408 e. The van der Waals surface area contributed by atoms with Gasteiger partial charge in [-0.2, -0.15) is 13.7 Å². The molecular formula is C18H26N4O5S. The zero-order valence-electron chi connectivity index (χ0n) is 16.2. The Balaban J connectivity index is 2.36. The zero-order valence-corrected chi connectivity index (χ0v) is 17.0. The summed E-state index contributed by atoms with van der Waals surface area (Å²) in [6.45, 7) is 5.56. The van der Waals surface area contributed by atoms with Gasteiger partial charge in [-0.05, 0) is 45.7 Å². The third-order valence-electron chi connectivity index (χ3n) is 4.76. The summed E-state index contributed by atoms with van der Waals surface area (Å²) >= 11 is 0. The number of ether oxygens (including phenoxy) is 1. The highest BCUT2D eigenvalue weighted by Gasteiger charge is 2.48. The standard InChI is InChI=1S/C18H26N4O5S/c1-17(2,3)22(16(23)24)18(9-4-5-10-18)12-27-15-8-6-7-14(13(15)11-19)21-28(20,25)26/h6-8,21H,4-5,9-10,12H2,1-3H3,(H,23,24)(H2,20,25,26). The van der Waals surface area contributed by atoms with Crippen LogP contribution in [0.1, 0.15) is 52.0 Å². The van der Waals surface area contributed by atoms with Crippen molar-refractivity contribution in [2.24, 2.45) is 5.14 Å². The molecule has 0 spiro atoms. The van der Waals surface area contributed by atoms with Crippen molar-refractivity contribution in [1.82, 2.24) is 4.90 Å². The first-order chi connectivity index (χ1) is 12.9. The number of rotatable bonds is 6. The summed E-state index contributed by atoms with van der Waals surface area (Å²) < 4.78 is 30.6. The molecule has 0 unspecified atom stereocenters. The monoisotopic (exact) mass is 410 g/mol. The van der Waals surface area contributed by atoms with Crippen LogP contribution in [0.5, 0.6) is 5.75 Å². The third-order valence-corrected chi connectivity index (χ3v) is 5.26. The molecule has 1 aromatic rings. The van der Waals surface area contributed by atoms with E-state index >= 15 is 0 Å². The third kappa shape index (κ3) is 4.85. The number of amides is 1. The van der Waals surface area contributed by atoms with Crippen molar-refractivity contribution in [3.8, 4) is 11.8 Å². The van der Waals surface area contributed by atoms with Gasteiger partial charge in [-0.25, -0.2) is 9.93 Å². The molecular weight excluding hydrogens is 384 g/mol. The van der Waals surface area contributed by atoms with Gasteiger partial charge in [0.2, 0.25) is 0 Å². The fourth-order valence-electron chi connectivity index (χ4n) is 3.88. The molecule has 0 heterocycles. The number of nitrogens with zero attached hydrogens (tertiary/aromatic N) is 2. The molecule has 0 atom stereocenters. The molecule has 0 bridgehead atoms. The van der Waals surface area contributed by atoms with Crippen molar-refractivity contribution >= 4 is 22.0 Å². The molecule has 1 fully saturated rings. The lowest BCUT2D eigenvalue weighted by atomic mass is 9.90. The van der Waals surface area contributed by atoms with Crippen molar-refractivity contribution in [2.75, 3.05) is 11.3 Å². The fourth-order valence-corrected chi connectivity index (χ4v) is 4.36. The summed E-state index contributed by atoms with van der Waals surface area (Å²) in [5.74, 6) is 0.168. The van der Waals surface area contributed by atoms with Crippen LogP contribution in [-0.2, 0) is 10.2 Å². The molecule has 1 aliphatic rings. The maximum Gasteiger partial charge on any atom is 0.408 e. The summed E-state index contributed by atoms with van der Waals surface area (Å²) in [6, 6.07) is 6.39. The van der Waals surface area contributed by atoms with E-state index in [1.807, 2.05) is 26.8 Å². The van der Waals surface area contributed by atoms with Crippen molar-refractivity contribution in [2.45, 2.75) is 57.5 Å². The average molecular weight is 410 g/mol. The van der Waals surface area contributed by atoms with Crippen LogP contribution in [0, 0.1) is 11.3 Å². The Labute approximate surface area is 165 Å². The Morgan fingerprint density at radius 3 is 2.46 bits per heavy atom. The quantitative estimate of drug-likeness (QED) is 0.657. The van der Waals surface area contributed by atoms with Gasteiger partial charge in [0.15, 0.2) is 0 Å². The number of nitrogens with one attached hydrogen (secondary N) is 1. The molecule has 10 heteroatoms. The number of carboxylic acid groups (broad SMARTS) is 1. The highest BCUT2D eigenvalue weighted by atomic mass is 32.2. The Morgan fingerprint density at radius 2 is 2.00 bits per heavy atom. The molecule has 28 heavy (non-hydrogen) atoms. The highest BCUT2D eigenvalue weighted by molar-refractivity contribution is 7.90. The summed E-state index contributed by atoms with van der Waals surface area (Å²) in [5.41, 5.74) is -1.36. The van der Waals surface area contributed by atoms with E-state index in [-0.39, 0.29) is 23.6 Å². The molecule has 1 amide bonds. The topological polar surface area (TPSA) is 146 Å². The lowest BCUT2D eigenvalue weighted by molar-refractivity contribution is -0.00689. The van der Waals surface area contributed by atoms with E-state index in [9.17, 15) is 23.6 Å². The second-order valence-corrected chi connectivity index (χ2v) is 9.24. The van der Waals surface area contributed by atoms with Crippen LogP contribution < -0.4 is 14.6 Å². The van der Waals surface area contributed by atoms with Crippen LogP contribution in [0.25, 0.3) is 0 Å². The van der Waals surface area contributed by atoms with E-state index < -0.39 is 27.4 Å². The van der Waals surface area contributed by atoms with Crippen LogP contribution in [0.4, 0.5) is 10.5 Å². The first-order valence-corrected chi connectivity index (χ1v) is 10.4. The van der Waals surface area contributed by atoms with E-state index in [2.05, 4.69) is 4.72 Å². The number of nitrogens with two attached hydrogens (primary N) is 1. The van der Waals surface area contributed by atoms with Crippen LogP contribution in [0.3, 0.4) is 0 Å². The van der Waals surface area contributed by atoms with E-state index in [1.165, 1.54) is 23.1 Å². The van der Waals surface area contributed by atoms with E-state index in [4.69, 9.17) is 9.88 Å². The van der Waals surface area contributed by atoms with E-state index in [1.54, 1.807) is 0 Å². The SMILES string of the molecule is CC(C)(C)N(C(=O)O)C1(COc2cccc(NS(N)(=O)=O)c2C#N)CCCC1. The maximum atomic E-state index is 12.0. The largest absolute Gasteiger partial charge is 0.490 e. The van der Waals surface area contributed by atoms with Gasteiger partial charge in [-0.15, -0.1) is 0 Å². The second-order valence-electron chi connectivity index (χ2n) is 7.95. The first-order valence-electron chi connectivity index (χ1n) is 8.89. The van der Waals surface area contributed by atoms with Crippen molar-refractivity contribution < 1.29 is 23.1 Å². The zero-order chi connectivity index (χ0) is 21.2. The first kappa shape index (κ1) is 21.8. The number of nitriles is 1. The van der Waals surface area contributed by atoms with Crippen LogP contribution in [0.15, 0.2) is 18.2 Å². The Hall–Kier alpha value is -2.51. The van der Waals surface area contributed by atoms with Gasteiger partial charge in [0, 0.05) is 5.54 Å². The predicted molar refractivity (Wildman–Crippen MR) is 104 cm³/mol. The number of carbonyl (C=O) groups is 1. The molecule has 1 aliphatic carbocycles. The summed E-state index contributed by atoms with van der Waals surface area (Å²) in [6.07, 6.45) is 2.02. The van der Waals surface area contributed by atoms with Gasteiger partial charge in [0.1, 0.15) is 24.0 Å². The second kappa shape index (κ2) is 7.85. The van der Waals surface area contributed by atoms with E-state index in [0.29, 0.717) is 12.8 Å². The molecule has 0 radical (unpaired) electrons. The summed E-state index contributed by atoms with van der Waals surface area (Å²) in [7, 11) is -4.06. The predicted octanol–water partition coefficient (Wildman–Crippen LogP) is 2.64. The Morgan fingerprint density at radius 1 is 1.39 bits per heavy atom. The van der Waals surface area contributed by atoms with Crippen molar-refractivity contribution in [1.29, 1.82) is 5.26 Å². The van der Waals surface area contributed by atoms with Crippen LogP contribution in [0.2, 0.25) is 0 Å². The molecule has 2 rings (SSSR count). The number of benzene rings is 1. The van der Waals surface area contributed by atoms with Crippen LogP contribution >= 0.6 is 0 Å². The molecule has 0 aromatic heterocycles. The summed E-state index contributed by atoms with van der Waals surface area (Å²) in [4.78, 5) is 13.4. The number of anilines is 1. The molecule has 1 saturated carbocycles. The van der Waals surface area contributed by atoms with Crippen LogP contribution in [-0.4, -0.2) is 42.2 Å². The molecule has 1 aromatic carbocycles. The van der Waals surface area contributed by atoms with E-state index in [0.717, 1.165) is 12.8 Å². The normalized spacial score (nSPS) is 16.2. The van der Waals surface area contributed by atoms with Crippen molar-refractivity contribution in [3.05, 3.63) is 23.8 Å². The molecule has 154 valence electrons. The number of hydrogen-bond donors (Lipinski definition) is 3. The van der Waals surface area contributed by atoms with Gasteiger partial charge >= 0.3 is 6.09 Å². The Kier molecular flexibility index (Phi) is 6.11. The Bertz CT molecular complexity index is 880. The minimum Gasteiger partial charge on any atom is -0.490 e. The van der Waals surface area contributed by atoms with Gasteiger partial charge in [-0.1, -0.05) is 18.9 Å². The lowest BCUT2D eigenvalue weighted by Crippen LogP contribution is -2.60. The van der Waals surface area contributed by atoms with Gasteiger partial charge in [0.05, 0.1) is 11.2 Å². The maximum absolute atomic E-state index is 12.0. The van der Waals surface area contributed by atoms with Gasteiger partial charge in [-0.3, -0.25) is 9.62 Å². The average Bonchev–Trinajstić information content (AvgIpc) is 2.99. The minimum absolute atomic E-state index is 0.00823. The molecule has 4 N–H and O–H groups in total. The lowest BCUT2D eigenvalue weighted by Gasteiger charge is -2.47. The number of hydrogen-bond acceptors (Lipinski definition) is 5. The molecule has 9 nitrogen and oxygen atoms in total. The minimum atomic E-state index is -4.06. The van der Waals surface area contributed by atoms with Gasteiger partial charge < -0.3 is 9.84 Å². The van der Waals surface area contributed by atoms with Crippen molar-refractivity contribution in [3.63, 3.8) is 0 Å². The van der Waals surface area contributed by atoms with Gasteiger partial charge in [0.25, 0.3) is 10.2 Å². The highest BCUT2D eigenvalue weighted by Crippen LogP contribution is 2.40. The fraction of sp³-hybridized carbons (Fsp3) is 0.556. The molecule has 0 saturated heterocycles.